The Balaban J connectivity index is 2.54. The van der Waals surface area contributed by atoms with E-state index in [-0.39, 0.29) is 0 Å². The molecule has 0 aromatic heterocycles. The fourth-order valence-corrected chi connectivity index (χ4v) is 1.89. The summed E-state index contributed by atoms with van der Waals surface area (Å²) in [6.07, 6.45) is 4.76. The van der Waals surface area contributed by atoms with Crippen molar-refractivity contribution in [2.45, 2.75) is 39.5 Å². The van der Waals surface area contributed by atoms with Crippen LogP contribution in [0.1, 0.15) is 44.2 Å². The lowest BCUT2D eigenvalue weighted by Gasteiger charge is -2.10. The second-order valence-electron chi connectivity index (χ2n) is 4.20. The molecule has 0 fully saturated rings. The van der Waals surface area contributed by atoms with Gasteiger partial charge in [-0.05, 0) is 30.4 Å². The first-order chi connectivity index (χ1) is 7.27. The minimum atomic E-state index is 0.766. The van der Waals surface area contributed by atoms with Crippen molar-refractivity contribution in [3.05, 3.63) is 35.4 Å². The summed E-state index contributed by atoms with van der Waals surface area (Å²) >= 11 is 0. The molecule has 0 heterocycles. The molecule has 0 bridgehead atoms. The maximum Gasteiger partial charge on any atom is 0.0994 e. The number of rotatable bonds is 5. The Hall–Kier alpha value is -1.29. The highest BCUT2D eigenvalue weighted by atomic mass is 14.2. The van der Waals surface area contributed by atoms with Crippen molar-refractivity contribution in [2.75, 3.05) is 0 Å². The van der Waals surface area contributed by atoms with Crippen molar-refractivity contribution in [1.29, 1.82) is 5.26 Å². The van der Waals surface area contributed by atoms with Gasteiger partial charge in [0.15, 0.2) is 0 Å². The lowest BCUT2D eigenvalue weighted by molar-refractivity contribution is 0.486. The van der Waals surface area contributed by atoms with Gasteiger partial charge >= 0.3 is 0 Å². The first-order valence-corrected chi connectivity index (χ1v) is 5.76. The molecular formula is C14H19N. The molecule has 0 amide bonds. The lowest BCUT2D eigenvalue weighted by atomic mass is 9.95. The Bertz CT molecular complexity index is 335. The number of nitrogens with zero attached hydrogens (tertiary/aromatic N) is 1. The number of aryl methyl sites for hydroxylation is 1. The van der Waals surface area contributed by atoms with Crippen LogP contribution >= 0.6 is 0 Å². The zero-order chi connectivity index (χ0) is 11.1. The van der Waals surface area contributed by atoms with Gasteiger partial charge in [0.25, 0.3) is 0 Å². The van der Waals surface area contributed by atoms with E-state index in [9.17, 15) is 0 Å². The van der Waals surface area contributed by atoms with Crippen molar-refractivity contribution in [1.82, 2.24) is 0 Å². The minimum absolute atomic E-state index is 0.766. The molecule has 0 saturated heterocycles. The quantitative estimate of drug-likeness (QED) is 0.708. The first kappa shape index (κ1) is 11.8. The van der Waals surface area contributed by atoms with Crippen LogP contribution in [-0.2, 0) is 6.42 Å². The molecule has 0 spiro atoms. The highest BCUT2D eigenvalue weighted by Crippen LogP contribution is 2.16. The highest BCUT2D eigenvalue weighted by molar-refractivity contribution is 5.37. The molecule has 15 heavy (non-hydrogen) atoms. The van der Waals surface area contributed by atoms with Crippen LogP contribution in [0.3, 0.4) is 0 Å². The van der Waals surface area contributed by atoms with E-state index in [0.717, 1.165) is 17.9 Å². The monoisotopic (exact) mass is 201 g/mol. The SMILES string of the molecule is CCCC(C)CCc1ccccc1C#N. The van der Waals surface area contributed by atoms with E-state index < -0.39 is 0 Å². The predicted molar refractivity (Wildman–Crippen MR) is 63.6 cm³/mol. The predicted octanol–water partition coefficient (Wildman–Crippen LogP) is 3.93. The van der Waals surface area contributed by atoms with Crippen molar-refractivity contribution in [3.63, 3.8) is 0 Å². The molecular weight excluding hydrogens is 182 g/mol. The summed E-state index contributed by atoms with van der Waals surface area (Å²) in [7, 11) is 0. The standard InChI is InChI=1S/C14H19N/c1-3-6-12(2)9-10-13-7-4-5-8-14(13)11-15/h4-5,7-8,12H,3,6,9-10H2,1-2H3. The van der Waals surface area contributed by atoms with Crippen LogP contribution in [-0.4, -0.2) is 0 Å². The molecule has 0 aliphatic heterocycles. The second kappa shape index (κ2) is 6.24. The van der Waals surface area contributed by atoms with Crippen molar-refractivity contribution >= 4 is 0 Å². The second-order valence-corrected chi connectivity index (χ2v) is 4.20. The molecule has 0 aliphatic carbocycles. The molecule has 1 atom stereocenters. The largest absolute Gasteiger partial charge is 0.192 e. The van der Waals surface area contributed by atoms with Gasteiger partial charge in [-0.3, -0.25) is 0 Å². The molecule has 1 aromatic carbocycles. The normalized spacial score (nSPS) is 12.1. The topological polar surface area (TPSA) is 23.8 Å². The van der Waals surface area contributed by atoms with Crippen molar-refractivity contribution < 1.29 is 0 Å². The number of hydrogen-bond acceptors (Lipinski definition) is 1. The van der Waals surface area contributed by atoms with Crippen LogP contribution in [0.5, 0.6) is 0 Å². The number of hydrogen-bond donors (Lipinski definition) is 0. The molecule has 0 radical (unpaired) electrons. The molecule has 80 valence electrons. The fraction of sp³-hybridized carbons (Fsp3) is 0.500. The van der Waals surface area contributed by atoms with Gasteiger partial charge in [-0.15, -0.1) is 0 Å². The van der Waals surface area contributed by atoms with Gasteiger partial charge in [-0.1, -0.05) is 44.9 Å². The van der Waals surface area contributed by atoms with Crippen molar-refractivity contribution in [2.24, 2.45) is 5.92 Å². The lowest BCUT2D eigenvalue weighted by Crippen LogP contribution is -1.98. The summed E-state index contributed by atoms with van der Waals surface area (Å²) < 4.78 is 0. The van der Waals surface area contributed by atoms with Crippen LogP contribution < -0.4 is 0 Å². The minimum Gasteiger partial charge on any atom is -0.192 e. The summed E-state index contributed by atoms with van der Waals surface area (Å²) in [6, 6.07) is 10.2. The zero-order valence-electron chi connectivity index (χ0n) is 9.66. The maximum absolute atomic E-state index is 8.94. The van der Waals surface area contributed by atoms with Crippen LogP contribution in [0.4, 0.5) is 0 Å². The Kier molecular flexibility index (Phi) is 4.90. The maximum atomic E-state index is 8.94. The van der Waals surface area contributed by atoms with E-state index in [1.165, 1.54) is 24.8 Å². The molecule has 1 rings (SSSR count). The summed E-state index contributed by atoms with van der Waals surface area (Å²) in [6.45, 7) is 4.51. The smallest absolute Gasteiger partial charge is 0.0994 e. The molecule has 1 heteroatoms. The van der Waals surface area contributed by atoms with E-state index in [0.29, 0.717) is 0 Å². The van der Waals surface area contributed by atoms with Crippen LogP contribution in [0.25, 0.3) is 0 Å². The van der Waals surface area contributed by atoms with Gasteiger partial charge in [0.1, 0.15) is 0 Å². The number of nitriles is 1. The van der Waals surface area contributed by atoms with Crippen LogP contribution in [0.2, 0.25) is 0 Å². The molecule has 0 saturated carbocycles. The van der Waals surface area contributed by atoms with E-state index in [2.05, 4.69) is 26.0 Å². The Morgan fingerprint density at radius 1 is 1.27 bits per heavy atom. The average Bonchev–Trinajstić information content (AvgIpc) is 2.27. The Morgan fingerprint density at radius 3 is 2.67 bits per heavy atom. The third-order valence-electron chi connectivity index (χ3n) is 2.83. The highest BCUT2D eigenvalue weighted by Gasteiger charge is 2.04. The van der Waals surface area contributed by atoms with Gasteiger partial charge in [-0.2, -0.15) is 5.26 Å². The Labute approximate surface area is 92.7 Å². The van der Waals surface area contributed by atoms with E-state index in [1.54, 1.807) is 0 Å². The van der Waals surface area contributed by atoms with Gasteiger partial charge in [-0.25, -0.2) is 0 Å². The molecule has 0 aliphatic rings. The van der Waals surface area contributed by atoms with Gasteiger partial charge in [0.05, 0.1) is 11.6 Å². The van der Waals surface area contributed by atoms with Crippen LogP contribution in [0, 0.1) is 17.2 Å². The van der Waals surface area contributed by atoms with Crippen molar-refractivity contribution in [3.8, 4) is 6.07 Å². The fourth-order valence-electron chi connectivity index (χ4n) is 1.89. The van der Waals surface area contributed by atoms with Gasteiger partial charge in [0, 0.05) is 0 Å². The van der Waals surface area contributed by atoms with Gasteiger partial charge < -0.3 is 0 Å². The third-order valence-corrected chi connectivity index (χ3v) is 2.83. The van der Waals surface area contributed by atoms with E-state index in [1.807, 2.05) is 18.2 Å². The van der Waals surface area contributed by atoms with E-state index >= 15 is 0 Å². The van der Waals surface area contributed by atoms with Gasteiger partial charge in [0.2, 0.25) is 0 Å². The Morgan fingerprint density at radius 2 is 2.00 bits per heavy atom. The third kappa shape index (κ3) is 3.75. The average molecular weight is 201 g/mol. The summed E-state index contributed by atoms with van der Waals surface area (Å²) in [5.74, 6) is 0.766. The summed E-state index contributed by atoms with van der Waals surface area (Å²) in [5.41, 5.74) is 2.03. The first-order valence-electron chi connectivity index (χ1n) is 5.76. The number of benzene rings is 1. The molecule has 1 aromatic rings. The van der Waals surface area contributed by atoms with E-state index in [4.69, 9.17) is 5.26 Å². The summed E-state index contributed by atoms with van der Waals surface area (Å²) in [5, 5.41) is 8.94. The molecule has 1 unspecified atom stereocenters. The molecule has 0 N–H and O–H groups in total. The summed E-state index contributed by atoms with van der Waals surface area (Å²) in [4.78, 5) is 0. The molecule has 1 nitrogen and oxygen atoms in total. The van der Waals surface area contributed by atoms with Crippen LogP contribution in [0.15, 0.2) is 24.3 Å². The zero-order valence-corrected chi connectivity index (χ0v) is 9.66.